The van der Waals surface area contributed by atoms with E-state index >= 15 is 0 Å². The van der Waals surface area contributed by atoms with Gasteiger partial charge in [0.15, 0.2) is 0 Å². The van der Waals surface area contributed by atoms with E-state index in [9.17, 15) is 21.2 Å². The minimum atomic E-state index is -3.96. The number of hydrogen-bond acceptors (Lipinski definition) is 4. The predicted octanol–water partition coefficient (Wildman–Crippen LogP) is 2.87. The Balaban J connectivity index is 1.82. The molecular weight excluding hydrogens is 427 g/mol. The molecule has 0 unspecified atom stereocenters. The summed E-state index contributed by atoms with van der Waals surface area (Å²) in [5.74, 6) is -0.629. The van der Waals surface area contributed by atoms with Crippen molar-refractivity contribution >= 4 is 31.6 Å². The summed E-state index contributed by atoms with van der Waals surface area (Å²) in [7, 11) is -7.67. The van der Waals surface area contributed by atoms with Gasteiger partial charge in [0, 0.05) is 26.2 Å². The molecule has 0 saturated carbocycles. The van der Waals surface area contributed by atoms with E-state index in [1.54, 1.807) is 24.3 Å². The van der Waals surface area contributed by atoms with E-state index < -0.39 is 25.9 Å². The molecule has 2 aromatic carbocycles. The van der Waals surface area contributed by atoms with Gasteiger partial charge in [-0.05, 0) is 43.7 Å². The van der Waals surface area contributed by atoms with Crippen molar-refractivity contribution in [1.29, 1.82) is 0 Å². The monoisotopic (exact) mass is 446 g/mol. The van der Waals surface area contributed by atoms with Crippen molar-refractivity contribution in [3.63, 3.8) is 0 Å². The van der Waals surface area contributed by atoms with E-state index in [2.05, 4.69) is 0 Å². The summed E-state index contributed by atoms with van der Waals surface area (Å²) in [5.41, 5.74) is 0.947. The standard InChI is InChI=1S/C18H20ClFN2O4S2/c1-14-3-6-16(7-4-14)27(23,24)21-9-2-10-22(12-11-21)28(25,26)18-8-5-15(20)13-17(18)19/h3-8,13H,2,9-12H2,1H3. The molecule has 6 nitrogen and oxygen atoms in total. The van der Waals surface area contributed by atoms with Crippen molar-refractivity contribution in [2.45, 2.75) is 23.1 Å². The molecule has 0 radical (unpaired) electrons. The highest BCUT2D eigenvalue weighted by Crippen LogP contribution is 2.27. The summed E-state index contributed by atoms with van der Waals surface area (Å²) in [5, 5.41) is -0.201. The van der Waals surface area contributed by atoms with Gasteiger partial charge in [0.1, 0.15) is 10.7 Å². The van der Waals surface area contributed by atoms with Gasteiger partial charge in [0.25, 0.3) is 0 Å². The summed E-state index contributed by atoms with van der Waals surface area (Å²) in [6.07, 6.45) is 0.336. The minimum absolute atomic E-state index is 0.0128. The lowest BCUT2D eigenvalue weighted by molar-refractivity contribution is 0.404. The van der Waals surface area contributed by atoms with Gasteiger partial charge in [-0.2, -0.15) is 8.61 Å². The first-order valence-corrected chi connectivity index (χ1v) is 11.9. The molecule has 1 fully saturated rings. The molecule has 0 amide bonds. The number of hydrogen-bond donors (Lipinski definition) is 0. The average Bonchev–Trinajstić information content (AvgIpc) is 2.89. The fraction of sp³-hybridized carbons (Fsp3) is 0.333. The molecule has 0 N–H and O–H groups in total. The SMILES string of the molecule is Cc1ccc(S(=O)(=O)N2CCCN(S(=O)(=O)c3ccc(F)cc3Cl)CC2)cc1. The van der Waals surface area contributed by atoms with Crippen LogP contribution in [-0.2, 0) is 20.0 Å². The summed E-state index contributed by atoms with van der Waals surface area (Å²) >= 11 is 5.92. The molecule has 3 rings (SSSR count). The molecule has 1 heterocycles. The fourth-order valence-electron chi connectivity index (χ4n) is 3.03. The second-order valence-corrected chi connectivity index (χ2v) is 10.8. The zero-order valence-electron chi connectivity index (χ0n) is 15.2. The first-order valence-electron chi connectivity index (χ1n) is 8.64. The molecule has 10 heteroatoms. The second-order valence-electron chi connectivity index (χ2n) is 6.55. The van der Waals surface area contributed by atoms with Crippen LogP contribution < -0.4 is 0 Å². The van der Waals surface area contributed by atoms with Crippen LogP contribution in [0.2, 0.25) is 5.02 Å². The molecule has 0 spiro atoms. The highest BCUT2D eigenvalue weighted by atomic mass is 35.5. The van der Waals surface area contributed by atoms with Crippen LogP contribution in [0.5, 0.6) is 0 Å². The van der Waals surface area contributed by atoms with Crippen molar-refractivity contribution in [3.8, 4) is 0 Å². The lowest BCUT2D eigenvalue weighted by atomic mass is 10.2. The van der Waals surface area contributed by atoms with E-state index in [0.717, 1.165) is 23.8 Å². The van der Waals surface area contributed by atoms with Crippen LogP contribution in [0.25, 0.3) is 0 Å². The zero-order valence-corrected chi connectivity index (χ0v) is 17.6. The summed E-state index contributed by atoms with van der Waals surface area (Å²) in [6.45, 7) is 2.23. The molecule has 0 aliphatic carbocycles. The number of aryl methyl sites for hydroxylation is 1. The van der Waals surface area contributed by atoms with E-state index in [1.165, 1.54) is 8.61 Å². The molecule has 2 aromatic rings. The third kappa shape index (κ3) is 4.23. The van der Waals surface area contributed by atoms with Gasteiger partial charge in [0.2, 0.25) is 20.0 Å². The van der Waals surface area contributed by atoms with Crippen molar-refractivity contribution in [2.24, 2.45) is 0 Å². The van der Waals surface area contributed by atoms with E-state index in [4.69, 9.17) is 11.6 Å². The Kier molecular flexibility index (Phi) is 6.11. The molecular formula is C18H20ClFN2O4S2. The lowest BCUT2D eigenvalue weighted by Gasteiger charge is -2.22. The average molecular weight is 447 g/mol. The quantitative estimate of drug-likeness (QED) is 0.723. The van der Waals surface area contributed by atoms with Crippen molar-refractivity contribution < 1.29 is 21.2 Å². The molecule has 0 atom stereocenters. The van der Waals surface area contributed by atoms with E-state index in [0.29, 0.717) is 6.42 Å². The van der Waals surface area contributed by atoms with E-state index in [1.807, 2.05) is 6.92 Å². The highest BCUT2D eigenvalue weighted by molar-refractivity contribution is 7.89. The summed E-state index contributed by atoms with van der Waals surface area (Å²) < 4.78 is 67.2. The van der Waals surface area contributed by atoms with Gasteiger partial charge in [-0.3, -0.25) is 0 Å². The van der Waals surface area contributed by atoms with Crippen LogP contribution in [0.4, 0.5) is 4.39 Å². The van der Waals surface area contributed by atoms with Gasteiger partial charge in [-0.1, -0.05) is 29.3 Å². The van der Waals surface area contributed by atoms with Crippen LogP contribution in [0, 0.1) is 12.7 Å². The first-order chi connectivity index (χ1) is 13.1. The van der Waals surface area contributed by atoms with Crippen LogP contribution in [0.15, 0.2) is 52.3 Å². The maximum atomic E-state index is 13.2. The number of sulfonamides is 2. The molecule has 1 aliphatic rings. The van der Waals surface area contributed by atoms with Crippen molar-refractivity contribution in [1.82, 2.24) is 8.61 Å². The second kappa shape index (κ2) is 8.08. The minimum Gasteiger partial charge on any atom is -0.207 e. The Labute approximate surface area is 169 Å². The fourth-order valence-corrected chi connectivity index (χ4v) is 6.48. The van der Waals surface area contributed by atoms with Crippen molar-refractivity contribution in [3.05, 3.63) is 58.9 Å². The zero-order chi connectivity index (χ0) is 20.5. The van der Waals surface area contributed by atoms with Crippen molar-refractivity contribution in [2.75, 3.05) is 26.2 Å². The van der Waals surface area contributed by atoms with Crippen LogP contribution in [0.3, 0.4) is 0 Å². The Hall–Kier alpha value is -1.52. The number of halogens is 2. The van der Waals surface area contributed by atoms with Gasteiger partial charge >= 0.3 is 0 Å². The largest absolute Gasteiger partial charge is 0.244 e. The Morgan fingerprint density at radius 3 is 2.00 bits per heavy atom. The predicted molar refractivity (Wildman–Crippen MR) is 105 cm³/mol. The number of nitrogens with zero attached hydrogens (tertiary/aromatic N) is 2. The number of rotatable bonds is 4. The molecule has 1 saturated heterocycles. The Morgan fingerprint density at radius 1 is 0.857 bits per heavy atom. The smallest absolute Gasteiger partial charge is 0.207 e. The third-order valence-corrected chi connectivity index (χ3v) is 8.88. The lowest BCUT2D eigenvalue weighted by Crippen LogP contribution is -2.37. The highest BCUT2D eigenvalue weighted by Gasteiger charge is 2.32. The normalized spacial score (nSPS) is 17.4. The van der Waals surface area contributed by atoms with Crippen LogP contribution >= 0.6 is 11.6 Å². The van der Waals surface area contributed by atoms with Crippen LogP contribution in [-0.4, -0.2) is 51.6 Å². The van der Waals surface area contributed by atoms with Gasteiger partial charge in [0.05, 0.1) is 9.92 Å². The maximum absolute atomic E-state index is 13.2. The Bertz CT molecular complexity index is 1070. The van der Waals surface area contributed by atoms with E-state index in [-0.39, 0.29) is 41.0 Å². The van der Waals surface area contributed by atoms with Gasteiger partial charge in [-0.25, -0.2) is 21.2 Å². The molecule has 1 aliphatic heterocycles. The Morgan fingerprint density at radius 2 is 1.43 bits per heavy atom. The third-order valence-electron chi connectivity index (χ3n) is 4.58. The van der Waals surface area contributed by atoms with Crippen LogP contribution in [0.1, 0.15) is 12.0 Å². The molecule has 0 aromatic heterocycles. The topological polar surface area (TPSA) is 74.8 Å². The summed E-state index contributed by atoms with van der Waals surface area (Å²) in [6, 6.07) is 9.63. The molecule has 28 heavy (non-hydrogen) atoms. The summed E-state index contributed by atoms with van der Waals surface area (Å²) in [4.78, 5) is -0.0126. The molecule has 0 bridgehead atoms. The maximum Gasteiger partial charge on any atom is 0.244 e. The molecule has 152 valence electrons. The van der Waals surface area contributed by atoms with Gasteiger partial charge in [-0.15, -0.1) is 0 Å². The first kappa shape index (κ1) is 21.2. The van der Waals surface area contributed by atoms with Gasteiger partial charge < -0.3 is 0 Å². The number of benzene rings is 2.